The van der Waals surface area contributed by atoms with Gasteiger partial charge < -0.3 is 10.1 Å². The van der Waals surface area contributed by atoms with Crippen LogP contribution in [0.4, 0.5) is 0 Å². The zero-order valence-corrected chi connectivity index (χ0v) is 13.8. The van der Waals surface area contributed by atoms with E-state index < -0.39 is 10.0 Å². The zero-order valence-electron chi connectivity index (χ0n) is 11.4. The number of nitrogens with one attached hydrogen (secondary N) is 2. The summed E-state index contributed by atoms with van der Waals surface area (Å²) in [6.45, 7) is 1.38. The van der Waals surface area contributed by atoms with E-state index in [2.05, 4.69) is 26.0 Å². The van der Waals surface area contributed by atoms with Gasteiger partial charge in [-0.1, -0.05) is 6.42 Å². The van der Waals surface area contributed by atoms with Gasteiger partial charge in [-0.05, 0) is 53.5 Å². The van der Waals surface area contributed by atoms with Gasteiger partial charge in [-0.15, -0.1) is 0 Å². The monoisotopic (exact) mass is 362 g/mol. The van der Waals surface area contributed by atoms with Crippen molar-refractivity contribution in [2.45, 2.75) is 30.2 Å². The van der Waals surface area contributed by atoms with Gasteiger partial charge in [0, 0.05) is 12.6 Å². The second-order valence-electron chi connectivity index (χ2n) is 4.80. The lowest BCUT2D eigenvalue weighted by Crippen LogP contribution is -2.43. The molecule has 0 amide bonds. The third kappa shape index (κ3) is 3.94. The molecule has 20 heavy (non-hydrogen) atoms. The maximum Gasteiger partial charge on any atom is 0.240 e. The van der Waals surface area contributed by atoms with E-state index in [-0.39, 0.29) is 10.9 Å². The Labute approximate surface area is 128 Å². The van der Waals surface area contributed by atoms with E-state index >= 15 is 0 Å². The van der Waals surface area contributed by atoms with E-state index in [9.17, 15) is 8.42 Å². The summed E-state index contributed by atoms with van der Waals surface area (Å²) in [4.78, 5) is 0.237. The number of hydrogen-bond donors (Lipinski definition) is 2. The molecule has 0 radical (unpaired) electrons. The van der Waals surface area contributed by atoms with Crippen molar-refractivity contribution in [1.29, 1.82) is 0 Å². The van der Waals surface area contributed by atoms with Crippen molar-refractivity contribution in [2.75, 3.05) is 20.2 Å². The van der Waals surface area contributed by atoms with Crippen LogP contribution in [0.15, 0.2) is 27.6 Å². The molecule has 5 nitrogen and oxygen atoms in total. The standard InChI is InChI=1S/C13H19BrN2O3S/c1-19-13-6-5-11(8-12(13)14)20(17,18)16-9-10-4-2-3-7-15-10/h5-6,8,10,15-16H,2-4,7,9H2,1H3. The highest BCUT2D eigenvalue weighted by Crippen LogP contribution is 2.27. The fourth-order valence-electron chi connectivity index (χ4n) is 2.21. The van der Waals surface area contributed by atoms with Gasteiger partial charge in [0.2, 0.25) is 10.0 Å². The van der Waals surface area contributed by atoms with E-state index in [4.69, 9.17) is 4.74 Å². The van der Waals surface area contributed by atoms with Crippen LogP contribution in [0.25, 0.3) is 0 Å². The minimum atomic E-state index is -3.48. The molecule has 1 atom stereocenters. The molecule has 1 fully saturated rings. The number of methoxy groups -OCH3 is 1. The van der Waals surface area contributed by atoms with Gasteiger partial charge in [0.15, 0.2) is 0 Å². The molecule has 0 aliphatic carbocycles. The topological polar surface area (TPSA) is 67.4 Å². The first kappa shape index (κ1) is 15.8. The fourth-order valence-corrected chi connectivity index (χ4v) is 4.01. The van der Waals surface area contributed by atoms with Crippen molar-refractivity contribution < 1.29 is 13.2 Å². The van der Waals surface area contributed by atoms with Gasteiger partial charge in [-0.3, -0.25) is 0 Å². The number of rotatable bonds is 5. The van der Waals surface area contributed by atoms with Crippen LogP contribution < -0.4 is 14.8 Å². The van der Waals surface area contributed by atoms with Crippen molar-refractivity contribution in [3.63, 3.8) is 0 Å². The van der Waals surface area contributed by atoms with E-state index in [1.54, 1.807) is 25.3 Å². The Balaban J connectivity index is 2.04. The van der Waals surface area contributed by atoms with Gasteiger partial charge in [0.25, 0.3) is 0 Å². The first-order valence-corrected chi connectivity index (χ1v) is 8.87. The summed E-state index contributed by atoms with van der Waals surface area (Å²) in [7, 11) is -1.94. The molecule has 1 aliphatic rings. The van der Waals surface area contributed by atoms with Gasteiger partial charge in [-0.2, -0.15) is 0 Å². The Morgan fingerprint density at radius 1 is 1.45 bits per heavy atom. The smallest absolute Gasteiger partial charge is 0.240 e. The molecule has 2 rings (SSSR count). The predicted molar refractivity (Wildman–Crippen MR) is 81.5 cm³/mol. The van der Waals surface area contributed by atoms with Crippen LogP contribution in [0.1, 0.15) is 19.3 Å². The Hall–Kier alpha value is -0.630. The first-order valence-electron chi connectivity index (χ1n) is 6.59. The normalized spacial score (nSPS) is 19.8. The van der Waals surface area contributed by atoms with E-state index in [0.29, 0.717) is 16.8 Å². The molecule has 0 bridgehead atoms. The molecule has 0 saturated carbocycles. The number of ether oxygens (including phenoxy) is 1. The first-order chi connectivity index (χ1) is 9.53. The van der Waals surface area contributed by atoms with Crippen LogP contribution in [0, 0.1) is 0 Å². The lowest BCUT2D eigenvalue weighted by molar-refractivity contribution is 0.398. The minimum Gasteiger partial charge on any atom is -0.496 e. The van der Waals surface area contributed by atoms with Crippen LogP contribution in [0.5, 0.6) is 5.75 Å². The lowest BCUT2D eigenvalue weighted by atomic mass is 10.1. The average Bonchev–Trinajstić information content (AvgIpc) is 2.46. The van der Waals surface area contributed by atoms with Crippen molar-refractivity contribution in [3.8, 4) is 5.75 Å². The molecular weight excluding hydrogens is 344 g/mol. The van der Waals surface area contributed by atoms with Crippen LogP contribution in [0.2, 0.25) is 0 Å². The quantitative estimate of drug-likeness (QED) is 0.838. The molecule has 7 heteroatoms. The molecule has 1 aliphatic heterocycles. The zero-order chi connectivity index (χ0) is 14.6. The highest BCUT2D eigenvalue weighted by molar-refractivity contribution is 9.10. The largest absolute Gasteiger partial charge is 0.496 e. The van der Waals surface area contributed by atoms with Crippen LogP contribution >= 0.6 is 15.9 Å². The Kier molecular flexibility index (Phi) is 5.42. The van der Waals surface area contributed by atoms with Crippen molar-refractivity contribution in [3.05, 3.63) is 22.7 Å². The van der Waals surface area contributed by atoms with E-state index in [0.717, 1.165) is 25.8 Å². The van der Waals surface area contributed by atoms with Crippen LogP contribution in [-0.4, -0.2) is 34.7 Å². The SMILES string of the molecule is COc1ccc(S(=O)(=O)NCC2CCCCN2)cc1Br. The summed E-state index contributed by atoms with van der Waals surface area (Å²) in [5, 5.41) is 3.32. The number of sulfonamides is 1. The Bertz CT molecular complexity index is 557. The maximum atomic E-state index is 12.2. The number of hydrogen-bond acceptors (Lipinski definition) is 4. The summed E-state index contributed by atoms with van der Waals surface area (Å²) in [5.74, 6) is 0.609. The lowest BCUT2D eigenvalue weighted by Gasteiger charge is -2.23. The van der Waals surface area contributed by atoms with Gasteiger partial charge >= 0.3 is 0 Å². The second kappa shape index (κ2) is 6.89. The maximum absolute atomic E-state index is 12.2. The van der Waals surface area contributed by atoms with Crippen molar-refractivity contribution >= 4 is 26.0 Å². The summed E-state index contributed by atoms with van der Waals surface area (Å²) in [6.07, 6.45) is 3.32. The Morgan fingerprint density at radius 3 is 2.85 bits per heavy atom. The molecule has 1 unspecified atom stereocenters. The third-order valence-electron chi connectivity index (χ3n) is 3.37. The summed E-state index contributed by atoms with van der Waals surface area (Å²) in [6, 6.07) is 4.95. The summed E-state index contributed by atoms with van der Waals surface area (Å²) in [5.41, 5.74) is 0. The van der Waals surface area contributed by atoms with Crippen LogP contribution in [-0.2, 0) is 10.0 Å². The highest BCUT2D eigenvalue weighted by Gasteiger charge is 2.19. The van der Waals surface area contributed by atoms with E-state index in [1.807, 2.05) is 0 Å². The molecule has 2 N–H and O–H groups in total. The number of halogens is 1. The average molecular weight is 363 g/mol. The van der Waals surface area contributed by atoms with Crippen molar-refractivity contribution in [1.82, 2.24) is 10.0 Å². The fraction of sp³-hybridized carbons (Fsp3) is 0.538. The Morgan fingerprint density at radius 2 is 2.25 bits per heavy atom. The molecule has 112 valence electrons. The molecule has 1 aromatic rings. The van der Waals surface area contributed by atoms with Gasteiger partial charge in [0.05, 0.1) is 16.5 Å². The molecule has 1 saturated heterocycles. The summed E-state index contributed by atoms with van der Waals surface area (Å²) >= 11 is 3.30. The highest BCUT2D eigenvalue weighted by atomic mass is 79.9. The molecule has 1 aromatic carbocycles. The predicted octanol–water partition coefficient (Wildman–Crippen LogP) is 1.88. The molecule has 0 spiro atoms. The van der Waals surface area contributed by atoms with Gasteiger partial charge in [-0.25, -0.2) is 13.1 Å². The second-order valence-corrected chi connectivity index (χ2v) is 7.42. The van der Waals surface area contributed by atoms with Crippen LogP contribution in [0.3, 0.4) is 0 Å². The molecule has 0 aromatic heterocycles. The molecular formula is C13H19BrN2O3S. The number of piperidine rings is 1. The number of benzene rings is 1. The third-order valence-corrected chi connectivity index (χ3v) is 5.41. The van der Waals surface area contributed by atoms with Gasteiger partial charge in [0.1, 0.15) is 5.75 Å². The van der Waals surface area contributed by atoms with Crippen molar-refractivity contribution in [2.24, 2.45) is 0 Å². The minimum absolute atomic E-state index is 0.222. The summed E-state index contributed by atoms with van der Waals surface area (Å²) < 4.78 is 32.8. The molecule has 1 heterocycles. The van der Waals surface area contributed by atoms with E-state index in [1.165, 1.54) is 0 Å².